The Labute approximate surface area is 108 Å². The molecular weight excluding hydrogens is 280 g/mol. The van der Waals surface area contributed by atoms with E-state index in [9.17, 15) is 18.0 Å². The van der Waals surface area contributed by atoms with Crippen molar-refractivity contribution in [3.05, 3.63) is 17.0 Å². The molecule has 0 aliphatic rings. The van der Waals surface area contributed by atoms with Crippen LogP contribution in [-0.2, 0) is 26.0 Å². The number of carboxylic acids is 1. The van der Waals surface area contributed by atoms with Gasteiger partial charge in [0.1, 0.15) is 4.21 Å². The van der Waals surface area contributed by atoms with Gasteiger partial charge < -0.3 is 10.8 Å². The second-order valence-electron chi connectivity index (χ2n) is 3.52. The van der Waals surface area contributed by atoms with Gasteiger partial charge in [0.2, 0.25) is 5.91 Å². The molecule has 0 aromatic carbocycles. The summed E-state index contributed by atoms with van der Waals surface area (Å²) in [6.45, 7) is -0.422. The zero-order valence-corrected chi connectivity index (χ0v) is 11.1. The molecule has 0 aliphatic heterocycles. The SMILES string of the molecule is CN(CC(N)=O)S(=O)(=O)c1ccc(CC(=O)O)s1. The first kappa shape index (κ1) is 14.6. The summed E-state index contributed by atoms with van der Waals surface area (Å²) in [7, 11) is -2.56. The van der Waals surface area contributed by atoms with Crippen molar-refractivity contribution in [1.82, 2.24) is 4.31 Å². The van der Waals surface area contributed by atoms with E-state index in [-0.39, 0.29) is 10.6 Å². The van der Waals surface area contributed by atoms with Gasteiger partial charge in [-0.2, -0.15) is 4.31 Å². The number of carboxylic acid groups (broad SMARTS) is 1. The van der Waals surface area contributed by atoms with E-state index in [0.717, 1.165) is 15.6 Å². The summed E-state index contributed by atoms with van der Waals surface area (Å²) in [4.78, 5) is 21.6. The van der Waals surface area contributed by atoms with Crippen LogP contribution in [0.2, 0.25) is 0 Å². The van der Waals surface area contributed by atoms with E-state index in [1.807, 2.05) is 0 Å². The van der Waals surface area contributed by atoms with Gasteiger partial charge in [-0.1, -0.05) is 0 Å². The summed E-state index contributed by atoms with van der Waals surface area (Å²) in [6.07, 6.45) is -0.236. The minimum absolute atomic E-state index is 0.0116. The molecule has 0 saturated heterocycles. The van der Waals surface area contributed by atoms with Crippen molar-refractivity contribution in [2.45, 2.75) is 10.6 Å². The monoisotopic (exact) mass is 292 g/mol. The molecule has 1 aromatic rings. The molecule has 7 nitrogen and oxygen atoms in total. The van der Waals surface area contributed by atoms with Gasteiger partial charge in [-0.3, -0.25) is 9.59 Å². The molecule has 0 unspecified atom stereocenters. The topological polar surface area (TPSA) is 118 Å². The highest BCUT2D eigenvalue weighted by molar-refractivity contribution is 7.91. The van der Waals surface area contributed by atoms with Crippen LogP contribution in [0, 0.1) is 0 Å². The molecule has 0 atom stereocenters. The first-order chi connectivity index (χ1) is 8.23. The molecule has 9 heteroatoms. The summed E-state index contributed by atoms with van der Waals surface area (Å²) in [5, 5.41) is 8.59. The lowest BCUT2D eigenvalue weighted by Gasteiger charge is -2.13. The third kappa shape index (κ3) is 3.52. The van der Waals surface area contributed by atoms with Crippen LogP contribution >= 0.6 is 11.3 Å². The molecule has 1 amide bonds. The Morgan fingerprint density at radius 2 is 2.06 bits per heavy atom. The third-order valence-corrected chi connectivity index (χ3v) is 5.36. The van der Waals surface area contributed by atoms with Crippen LogP contribution in [0.25, 0.3) is 0 Å². The van der Waals surface area contributed by atoms with Gasteiger partial charge in [-0.25, -0.2) is 8.42 Å². The van der Waals surface area contributed by atoms with Crippen LogP contribution in [0.15, 0.2) is 16.3 Å². The Hall–Kier alpha value is -1.45. The predicted octanol–water partition coefficient (Wildman–Crippen LogP) is -0.519. The highest BCUT2D eigenvalue weighted by atomic mass is 32.2. The van der Waals surface area contributed by atoms with Crippen LogP contribution in [-0.4, -0.2) is 43.3 Å². The fraction of sp³-hybridized carbons (Fsp3) is 0.333. The minimum atomic E-state index is -3.79. The molecular formula is C9H12N2O5S2. The Morgan fingerprint density at radius 1 is 1.44 bits per heavy atom. The van der Waals surface area contributed by atoms with Crippen LogP contribution < -0.4 is 5.73 Å². The average molecular weight is 292 g/mol. The molecule has 3 N–H and O–H groups in total. The first-order valence-corrected chi connectivity index (χ1v) is 7.04. The van der Waals surface area contributed by atoms with Gasteiger partial charge >= 0.3 is 5.97 Å². The highest BCUT2D eigenvalue weighted by Crippen LogP contribution is 2.24. The summed E-state index contributed by atoms with van der Waals surface area (Å²) in [5.41, 5.74) is 4.92. The largest absolute Gasteiger partial charge is 0.481 e. The van der Waals surface area contributed by atoms with E-state index in [2.05, 4.69) is 0 Å². The van der Waals surface area contributed by atoms with Crippen LogP contribution in [0.1, 0.15) is 4.88 Å². The van der Waals surface area contributed by atoms with Crippen molar-refractivity contribution in [3.63, 3.8) is 0 Å². The second-order valence-corrected chi connectivity index (χ2v) is 6.96. The standard InChI is InChI=1S/C9H12N2O5S2/c1-11(5-7(10)12)18(15,16)9-3-2-6(17-9)4-8(13)14/h2-3H,4-5H2,1H3,(H2,10,12)(H,13,14). The zero-order valence-electron chi connectivity index (χ0n) is 9.49. The number of amides is 1. The molecule has 0 bridgehead atoms. The van der Waals surface area contributed by atoms with Crippen molar-refractivity contribution in [1.29, 1.82) is 0 Å². The van der Waals surface area contributed by atoms with Crippen molar-refractivity contribution >= 4 is 33.2 Å². The summed E-state index contributed by atoms with van der Waals surface area (Å²) < 4.78 is 24.7. The second kappa shape index (κ2) is 5.46. The highest BCUT2D eigenvalue weighted by Gasteiger charge is 2.24. The molecule has 100 valence electrons. The summed E-state index contributed by atoms with van der Waals surface area (Å²) in [6, 6.07) is 2.75. The Morgan fingerprint density at radius 3 is 2.56 bits per heavy atom. The lowest BCUT2D eigenvalue weighted by atomic mass is 10.3. The van der Waals surface area contributed by atoms with E-state index in [4.69, 9.17) is 10.8 Å². The van der Waals surface area contributed by atoms with Crippen molar-refractivity contribution in [2.75, 3.05) is 13.6 Å². The fourth-order valence-corrected chi connectivity index (χ4v) is 3.89. The van der Waals surface area contributed by atoms with E-state index in [0.29, 0.717) is 4.88 Å². The predicted molar refractivity (Wildman–Crippen MR) is 64.7 cm³/mol. The normalized spacial score (nSPS) is 11.7. The Kier molecular flexibility index (Phi) is 4.43. The molecule has 0 spiro atoms. The van der Waals surface area contributed by atoms with E-state index < -0.39 is 28.4 Å². The number of hydrogen-bond acceptors (Lipinski definition) is 5. The fourth-order valence-electron chi connectivity index (χ4n) is 1.20. The maximum Gasteiger partial charge on any atom is 0.308 e. The molecule has 1 aromatic heterocycles. The zero-order chi connectivity index (χ0) is 13.9. The first-order valence-electron chi connectivity index (χ1n) is 4.78. The Bertz CT molecular complexity index is 563. The van der Waals surface area contributed by atoms with Gasteiger partial charge in [0.25, 0.3) is 10.0 Å². The van der Waals surface area contributed by atoms with E-state index >= 15 is 0 Å². The number of nitrogens with two attached hydrogens (primary N) is 1. The lowest BCUT2D eigenvalue weighted by molar-refractivity contribution is -0.136. The Balaban J connectivity index is 2.95. The number of hydrogen-bond donors (Lipinski definition) is 2. The van der Waals surface area contributed by atoms with Crippen LogP contribution in [0.4, 0.5) is 0 Å². The smallest absolute Gasteiger partial charge is 0.308 e. The summed E-state index contributed by atoms with van der Waals surface area (Å²) >= 11 is 0.861. The number of likely N-dealkylation sites (N-methyl/N-ethyl adjacent to an activating group) is 1. The third-order valence-electron chi connectivity index (χ3n) is 2.01. The molecule has 0 saturated carbocycles. The van der Waals surface area contributed by atoms with Crippen LogP contribution in [0.3, 0.4) is 0 Å². The van der Waals surface area contributed by atoms with Crippen molar-refractivity contribution < 1.29 is 23.1 Å². The molecule has 1 heterocycles. The lowest BCUT2D eigenvalue weighted by Crippen LogP contribution is -2.34. The van der Waals surface area contributed by atoms with E-state index in [1.54, 1.807) is 0 Å². The van der Waals surface area contributed by atoms with Crippen molar-refractivity contribution in [3.8, 4) is 0 Å². The van der Waals surface area contributed by atoms with Gasteiger partial charge in [0.15, 0.2) is 0 Å². The molecule has 0 radical (unpaired) electrons. The number of rotatable bonds is 6. The van der Waals surface area contributed by atoms with Gasteiger partial charge in [0.05, 0.1) is 13.0 Å². The molecule has 18 heavy (non-hydrogen) atoms. The molecule has 1 rings (SSSR count). The average Bonchev–Trinajstić information content (AvgIpc) is 2.64. The van der Waals surface area contributed by atoms with Gasteiger partial charge in [-0.15, -0.1) is 11.3 Å². The van der Waals surface area contributed by atoms with Crippen molar-refractivity contribution in [2.24, 2.45) is 5.73 Å². The number of carbonyl (C=O) groups is 2. The maximum atomic E-state index is 11.9. The number of aliphatic carboxylic acids is 1. The quantitative estimate of drug-likeness (QED) is 0.731. The maximum absolute atomic E-state index is 11.9. The number of thiophene rings is 1. The summed E-state index contributed by atoms with van der Waals surface area (Å²) in [5.74, 6) is -1.80. The van der Waals surface area contributed by atoms with Gasteiger partial charge in [-0.05, 0) is 12.1 Å². The van der Waals surface area contributed by atoms with E-state index in [1.165, 1.54) is 19.2 Å². The number of primary amides is 1. The minimum Gasteiger partial charge on any atom is -0.481 e. The molecule has 0 fully saturated rings. The number of carbonyl (C=O) groups excluding carboxylic acids is 1. The van der Waals surface area contributed by atoms with Gasteiger partial charge in [0, 0.05) is 11.9 Å². The molecule has 0 aliphatic carbocycles. The number of sulfonamides is 1. The number of nitrogens with zero attached hydrogens (tertiary/aromatic N) is 1. The van der Waals surface area contributed by atoms with Crippen LogP contribution in [0.5, 0.6) is 0 Å².